The molecule has 1 aromatic rings. The summed E-state index contributed by atoms with van der Waals surface area (Å²) >= 11 is 0. The number of rotatable bonds is 26. The number of nitro groups is 1. The molecule has 4 N–H and O–H groups in total. The first-order valence-electron chi connectivity index (χ1n) is 13.8. The van der Waals surface area contributed by atoms with Crippen LogP contribution in [0.2, 0.25) is 0 Å². The average molecular weight is 613 g/mol. The van der Waals surface area contributed by atoms with Gasteiger partial charge in [0.15, 0.2) is 0 Å². The van der Waals surface area contributed by atoms with E-state index in [0.29, 0.717) is 45.5 Å². The van der Waals surface area contributed by atoms with Crippen LogP contribution in [-0.4, -0.2) is 112 Å². The maximum atomic E-state index is 12.2. The van der Waals surface area contributed by atoms with Crippen LogP contribution in [0.5, 0.6) is 0 Å². The van der Waals surface area contributed by atoms with Gasteiger partial charge in [0.25, 0.3) is 5.69 Å². The Kier molecular flexibility index (Phi) is 20.3. The lowest BCUT2D eigenvalue weighted by Gasteiger charge is -2.14. The standard InChI is InChI=1S/C27H40N4O12/c32-12-15-42-17-16-40-14-11-29-26(35)20-43-19-18-41-13-10-28-24(33)9-8-23(27(36)37)30-25(34)3-1-2-21-4-6-22(7-5-21)31(38)39/h4-7,12,23H,1-3,8-11,13-20H2,(H,28,33)(H,29,35)(H,30,34)(H,36,37)/t23-/m0/s1. The first-order chi connectivity index (χ1) is 20.7. The molecule has 0 aromatic heterocycles. The zero-order valence-corrected chi connectivity index (χ0v) is 24.0. The van der Waals surface area contributed by atoms with Gasteiger partial charge < -0.3 is 44.8 Å². The number of aliphatic carboxylic acids is 1. The fraction of sp³-hybridized carbons (Fsp3) is 0.593. The molecule has 1 rings (SSSR count). The summed E-state index contributed by atoms with van der Waals surface area (Å²) in [4.78, 5) is 67.6. The first kappa shape index (κ1) is 37.0. The number of hydrogen-bond donors (Lipinski definition) is 4. The maximum Gasteiger partial charge on any atom is 0.326 e. The lowest BCUT2D eigenvalue weighted by atomic mass is 10.1. The van der Waals surface area contributed by atoms with Crippen LogP contribution >= 0.6 is 0 Å². The number of carbonyl (C=O) groups excluding carboxylic acids is 4. The van der Waals surface area contributed by atoms with Crippen LogP contribution in [0.3, 0.4) is 0 Å². The van der Waals surface area contributed by atoms with Crippen LogP contribution in [0, 0.1) is 10.1 Å². The lowest BCUT2D eigenvalue weighted by Crippen LogP contribution is -2.41. The molecule has 3 amide bonds. The molecule has 0 radical (unpaired) electrons. The van der Waals surface area contributed by atoms with Gasteiger partial charge in [-0.3, -0.25) is 24.5 Å². The van der Waals surface area contributed by atoms with E-state index in [0.717, 1.165) is 5.56 Å². The number of carboxylic acid groups (broad SMARTS) is 1. The Morgan fingerprint density at radius 1 is 0.837 bits per heavy atom. The van der Waals surface area contributed by atoms with Crippen molar-refractivity contribution in [2.75, 3.05) is 65.9 Å². The molecule has 1 aromatic carbocycles. The van der Waals surface area contributed by atoms with E-state index < -0.39 is 28.7 Å². The van der Waals surface area contributed by atoms with E-state index in [-0.39, 0.29) is 70.4 Å². The van der Waals surface area contributed by atoms with Gasteiger partial charge in [0.05, 0.1) is 44.6 Å². The molecule has 0 heterocycles. The maximum absolute atomic E-state index is 12.2. The number of non-ortho nitro benzene ring substituents is 1. The number of nitrogens with zero attached hydrogens (tertiary/aromatic N) is 1. The van der Waals surface area contributed by atoms with Gasteiger partial charge in [-0.05, 0) is 24.8 Å². The zero-order valence-electron chi connectivity index (χ0n) is 24.0. The van der Waals surface area contributed by atoms with E-state index in [1.165, 1.54) is 12.1 Å². The van der Waals surface area contributed by atoms with Crippen LogP contribution in [0.1, 0.15) is 31.2 Å². The van der Waals surface area contributed by atoms with Crippen molar-refractivity contribution >= 4 is 35.7 Å². The summed E-state index contributed by atoms with van der Waals surface area (Å²) in [5.74, 6) is -2.43. The van der Waals surface area contributed by atoms with Gasteiger partial charge in [-0.1, -0.05) is 12.1 Å². The second-order valence-corrected chi connectivity index (χ2v) is 8.99. The first-order valence-corrected chi connectivity index (χ1v) is 13.8. The minimum absolute atomic E-state index is 0.0203. The molecule has 0 spiro atoms. The third kappa shape index (κ3) is 19.7. The number of nitrogens with one attached hydrogen (secondary N) is 3. The summed E-state index contributed by atoms with van der Waals surface area (Å²) in [6, 6.07) is 4.75. The van der Waals surface area contributed by atoms with E-state index in [4.69, 9.17) is 18.9 Å². The van der Waals surface area contributed by atoms with E-state index >= 15 is 0 Å². The highest BCUT2D eigenvalue weighted by Crippen LogP contribution is 2.13. The average Bonchev–Trinajstić information content (AvgIpc) is 2.98. The van der Waals surface area contributed by atoms with Gasteiger partial charge in [0.1, 0.15) is 25.5 Å². The molecule has 16 heteroatoms. The molecule has 0 fully saturated rings. The van der Waals surface area contributed by atoms with Crippen molar-refractivity contribution in [2.45, 2.75) is 38.1 Å². The van der Waals surface area contributed by atoms with Crippen molar-refractivity contribution in [3.63, 3.8) is 0 Å². The molecule has 0 aliphatic carbocycles. The molecule has 16 nitrogen and oxygen atoms in total. The van der Waals surface area contributed by atoms with Crippen LogP contribution in [0.15, 0.2) is 24.3 Å². The molecule has 0 aliphatic heterocycles. The molecular weight excluding hydrogens is 572 g/mol. The monoisotopic (exact) mass is 612 g/mol. The minimum atomic E-state index is -1.25. The van der Waals surface area contributed by atoms with Gasteiger partial charge in [0, 0.05) is 38.1 Å². The third-order valence-corrected chi connectivity index (χ3v) is 5.61. The number of aldehydes is 1. The quantitative estimate of drug-likeness (QED) is 0.0461. The van der Waals surface area contributed by atoms with E-state index in [1.54, 1.807) is 12.1 Å². The number of carboxylic acids is 1. The van der Waals surface area contributed by atoms with Gasteiger partial charge in [0.2, 0.25) is 17.7 Å². The highest BCUT2D eigenvalue weighted by molar-refractivity contribution is 5.84. The SMILES string of the molecule is O=CCOCCOCCNC(=O)COCCOCCNC(=O)CC[C@H](NC(=O)CCCc1ccc([N+](=O)[O-])cc1)C(=O)O. The number of benzene rings is 1. The van der Waals surface area contributed by atoms with Crippen LogP contribution in [0.4, 0.5) is 5.69 Å². The van der Waals surface area contributed by atoms with E-state index in [2.05, 4.69) is 16.0 Å². The van der Waals surface area contributed by atoms with Crippen molar-refractivity contribution in [2.24, 2.45) is 0 Å². The predicted octanol–water partition coefficient (Wildman–Crippen LogP) is -0.235. The van der Waals surface area contributed by atoms with Crippen molar-refractivity contribution < 1.29 is 52.9 Å². The van der Waals surface area contributed by atoms with Gasteiger partial charge in [-0.2, -0.15) is 0 Å². The number of ether oxygens (including phenoxy) is 4. The summed E-state index contributed by atoms with van der Waals surface area (Å²) in [7, 11) is 0. The zero-order chi connectivity index (χ0) is 31.7. The fourth-order valence-corrected chi connectivity index (χ4v) is 3.44. The van der Waals surface area contributed by atoms with Gasteiger partial charge >= 0.3 is 5.97 Å². The minimum Gasteiger partial charge on any atom is -0.480 e. The van der Waals surface area contributed by atoms with Gasteiger partial charge in [-0.15, -0.1) is 0 Å². The number of carbonyl (C=O) groups is 5. The number of nitro benzene ring substituents is 1. The van der Waals surface area contributed by atoms with Crippen LogP contribution in [0.25, 0.3) is 0 Å². The van der Waals surface area contributed by atoms with Crippen molar-refractivity contribution in [1.29, 1.82) is 0 Å². The lowest BCUT2D eigenvalue weighted by molar-refractivity contribution is -0.384. The molecule has 0 saturated heterocycles. The molecular formula is C27H40N4O12. The molecule has 0 unspecified atom stereocenters. The molecule has 0 saturated carbocycles. The molecule has 240 valence electrons. The summed E-state index contributed by atoms with van der Waals surface area (Å²) in [5, 5.41) is 27.7. The molecule has 43 heavy (non-hydrogen) atoms. The predicted molar refractivity (Wildman–Crippen MR) is 150 cm³/mol. The summed E-state index contributed by atoms with van der Waals surface area (Å²) in [6.45, 7) is 1.81. The topological polar surface area (TPSA) is 222 Å². The number of aryl methyl sites for hydroxylation is 1. The third-order valence-electron chi connectivity index (χ3n) is 5.61. The summed E-state index contributed by atoms with van der Waals surface area (Å²) < 4.78 is 20.6. The Balaban J connectivity index is 2.06. The number of hydrogen-bond acceptors (Lipinski definition) is 11. The second-order valence-electron chi connectivity index (χ2n) is 8.99. The smallest absolute Gasteiger partial charge is 0.326 e. The Morgan fingerprint density at radius 2 is 1.44 bits per heavy atom. The van der Waals surface area contributed by atoms with Crippen molar-refractivity contribution in [3.8, 4) is 0 Å². The summed E-state index contributed by atoms with van der Waals surface area (Å²) in [6.07, 6.45) is 1.43. The highest BCUT2D eigenvalue weighted by atomic mass is 16.6. The summed E-state index contributed by atoms with van der Waals surface area (Å²) in [5.41, 5.74) is 0.792. The Labute approximate surface area is 248 Å². The van der Waals surface area contributed by atoms with E-state index in [1.807, 2.05) is 0 Å². The largest absolute Gasteiger partial charge is 0.480 e. The van der Waals surface area contributed by atoms with E-state index in [9.17, 15) is 39.2 Å². The van der Waals surface area contributed by atoms with Crippen LogP contribution in [-0.2, 0) is 49.3 Å². The molecule has 1 atom stereocenters. The normalized spacial score (nSPS) is 11.3. The highest BCUT2D eigenvalue weighted by Gasteiger charge is 2.20. The second kappa shape index (κ2) is 23.6. The van der Waals surface area contributed by atoms with Crippen molar-refractivity contribution in [1.82, 2.24) is 16.0 Å². The van der Waals surface area contributed by atoms with Crippen LogP contribution < -0.4 is 16.0 Å². The van der Waals surface area contributed by atoms with Crippen molar-refractivity contribution in [3.05, 3.63) is 39.9 Å². The van der Waals surface area contributed by atoms with Gasteiger partial charge in [-0.25, -0.2) is 4.79 Å². The Morgan fingerprint density at radius 3 is 2.05 bits per heavy atom. The fourth-order valence-electron chi connectivity index (χ4n) is 3.44. The molecule has 0 aliphatic rings. The Bertz CT molecular complexity index is 1010. The number of amides is 3. The molecule has 0 bridgehead atoms. The Hall–Kier alpha value is -3.99.